The van der Waals surface area contributed by atoms with Crippen molar-refractivity contribution in [2.75, 3.05) is 0 Å². The van der Waals surface area contributed by atoms with Gasteiger partial charge in [0, 0.05) is 0 Å². The molecule has 1 unspecified atom stereocenters. The van der Waals surface area contributed by atoms with Gasteiger partial charge in [0.1, 0.15) is 4.88 Å². The summed E-state index contributed by atoms with van der Waals surface area (Å²) in [5, 5.41) is 11.1. The van der Waals surface area contributed by atoms with Crippen molar-refractivity contribution in [3.05, 3.63) is 74.0 Å². The van der Waals surface area contributed by atoms with Gasteiger partial charge in [-0.05, 0) is 36.8 Å². The molecule has 3 rings (SSSR count). The van der Waals surface area contributed by atoms with E-state index in [4.69, 9.17) is 23.8 Å². The summed E-state index contributed by atoms with van der Waals surface area (Å²) in [4.78, 5) is 4.97. The monoisotopic (exact) mass is 374 g/mol. The van der Waals surface area contributed by atoms with E-state index in [1.165, 1.54) is 11.3 Å². The third-order valence-electron chi connectivity index (χ3n) is 3.69. The first-order valence-electron chi connectivity index (χ1n) is 7.35. The van der Waals surface area contributed by atoms with Crippen LogP contribution in [0.5, 0.6) is 5.88 Å². The molecular weight excluding hydrogens is 360 g/mol. The topological polar surface area (TPSA) is 37.5 Å². The lowest BCUT2D eigenvalue weighted by molar-refractivity contribution is 0.405. The predicted octanol–water partition coefficient (Wildman–Crippen LogP) is 6.00. The van der Waals surface area contributed by atoms with Gasteiger partial charge >= 0.3 is 0 Å². The minimum atomic E-state index is -0.0580. The largest absolute Gasteiger partial charge is 0.493 e. The van der Waals surface area contributed by atoms with Crippen LogP contribution in [0, 0.1) is 3.95 Å². The first-order chi connectivity index (χ1) is 11.6. The zero-order chi connectivity index (χ0) is 17.1. The van der Waals surface area contributed by atoms with Gasteiger partial charge in [0.05, 0.1) is 23.0 Å². The van der Waals surface area contributed by atoms with Crippen molar-refractivity contribution in [2.45, 2.75) is 13.0 Å². The molecule has 0 spiro atoms. The van der Waals surface area contributed by atoms with Crippen LogP contribution in [0.25, 0.3) is 0 Å². The molecule has 0 fully saturated rings. The van der Waals surface area contributed by atoms with E-state index in [-0.39, 0.29) is 11.9 Å². The number of aromatic hydroxyl groups is 1. The molecule has 24 heavy (non-hydrogen) atoms. The van der Waals surface area contributed by atoms with E-state index in [2.05, 4.69) is 4.99 Å². The molecule has 1 N–H and O–H groups in total. The summed E-state index contributed by atoms with van der Waals surface area (Å²) in [7, 11) is 0. The Morgan fingerprint density at radius 1 is 1.17 bits per heavy atom. The van der Waals surface area contributed by atoms with Crippen LogP contribution in [0.2, 0.25) is 5.02 Å². The van der Waals surface area contributed by atoms with Crippen molar-refractivity contribution >= 4 is 47.1 Å². The Balaban J connectivity index is 1.96. The summed E-state index contributed by atoms with van der Waals surface area (Å²) >= 11 is 12.9. The zero-order valence-electron chi connectivity index (χ0n) is 12.9. The molecule has 0 aliphatic rings. The molecule has 3 nitrogen and oxygen atoms in total. The molecule has 0 radical (unpaired) electrons. The van der Waals surface area contributed by atoms with Crippen LogP contribution in [0.3, 0.4) is 0 Å². The molecule has 0 saturated carbocycles. The standard InChI is InChI=1S/C18H15ClN2OS2/c1-12(13-7-3-2-4-8-13)21-17(22)16(24-18(21)23)11-20-15-10-6-5-9-14(15)19/h2-12,22H,1H3. The number of aliphatic imine (C=N–C) groups is 1. The molecule has 0 saturated heterocycles. The number of hydrogen-bond donors (Lipinski definition) is 1. The van der Waals surface area contributed by atoms with E-state index < -0.39 is 0 Å². The summed E-state index contributed by atoms with van der Waals surface area (Å²) in [6.45, 7) is 2.01. The van der Waals surface area contributed by atoms with Crippen molar-refractivity contribution in [3.8, 4) is 5.88 Å². The first kappa shape index (κ1) is 16.9. The van der Waals surface area contributed by atoms with Crippen LogP contribution in [0.15, 0.2) is 59.6 Å². The van der Waals surface area contributed by atoms with Gasteiger partial charge in [0.25, 0.3) is 0 Å². The number of benzene rings is 2. The second-order valence-corrected chi connectivity index (χ2v) is 7.31. The number of aromatic nitrogens is 1. The highest BCUT2D eigenvalue weighted by atomic mass is 35.5. The molecule has 2 aromatic carbocycles. The van der Waals surface area contributed by atoms with Crippen LogP contribution in [-0.4, -0.2) is 15.9 Å². The van der Waals surface area contributed by atoms with Gasteiger partial charge in [0.2, 0.25) is 5.88 Å². The molecule has 122 valence electrons. The smallest absolute Gasteiger partial charge is 0.212 e. The van der Waals surface area contributed by atoms with Crippen LogP contribution >= 0.6 is 35.2 Å². The molecule has 3 aromatic rings. The van der Waals surface area contributed by atoms with E-state index in [1.54, 1.807) is 16.8 Å². The predicted molar refractivity (Wildman–Crippen MR) is 104 cm³/mol. The lowest BCUT2D eigenvalue weighted by Gasteiger charge is -2.14. The Bertz CT molecular complexity index is 932. The maximum atomic E-state index is 10.6. The van der Waals surface area contributed by atoms with Crippen LogP contribution in [0.4, 0.5) is 5.69 Å². The lowest BCUT2D eigenvalue weighted by Crippen LogP contribution is -2.06. The highest BCUT2D eigenvalue weighted by molar-refractivity contribution is 7.73. The molecule has 0 aliphatic carbocycles. The van der Waals surface area contributed by atoms with Gasteiger partial charge in [-0.1, -0.05) is 65.4 Å². The number of para-hydroxylation sites is 1. The van der Waals surface area contributed by atoms with Crippen LogP contribution < -0.4 is 0 Å². The third kappa shape index (κ3) is 3.43. The number of halogens is 1. The van der Waals surface area contributed by atoms with Gasteiger partial charge in [-0.15, -0.1) is 0 Å². The summed E-state index contributed by atoms with van der Waals surface area (Å²) in [6, 6.07) is 17.2. The van der Waals surface area contributed by atoms with Crippen LogP contribution in [-0.2, 0) is 0 Å². The summed E-state index contributed by atoms with van der Waals surface area (Å²) in [6.07, 6.45) is 1.60. The fourth-order valence-electron chi connectivity index (χ4n) is 2.38. The number of rotatable bonds is 4. The van der Waals surface area contributed by atoms with Crippen molar-refractivity contribution in [1.29, 1.82) is 0 Å². The highest BCUT2D eigenvalue weighted by Crippen LogP contribution is 2.32. The van der Waals surface area contributed by atoms with E-state index in [1.807, 2.05) is 55.5 Å². The third-order valence-corrected chi connectivity index (χ3v) is 5.33. The van der Waals surface area contributed by atoms with Crippen molar-refractivity contribution in [2.24, 2.45) is 4.99 Å². The Morgan fingerprint density at radius 2 is 1.83 bits per heavy atom. The number of nitrogens with zero attached hydrogens (tertiary/aromatic N) is 2. The van der Waals surface area contributed by atoms with E-state index in [0.29, 0.717) is 19.5 Å². The summed E-state index contributed by atoms with van der Waals surface area (Å²) < 4.78 is 2.34. The van der Waals surface area contributed by atoms with Gasteiger partial charge in [0.15, 0.2) is 3.95 Å². The van der Waals surface area contributed by atoms with Gasteiger partial charge in [-0.2, -0.15) is 0 Å². The van der Waals surface area contributed by atoms with Gasteiger partial charge in [-0.25, -0.2) is 0 Å². The molecule has 0 bridgehead atoms. The maximum absolute atomic E-state index is 10.6. The van der Waals surface area contributed by atoms with Gasteiger partial charge in [-0.3, -0.25) is 9.56 Å². The number of hydrogen-bond acceptors (Lipinski definition) is 4. The first-order valence-corrected chi connectivity index (χ1v) is 8.96. The quantitative estimate of drug-likeness (QED) is 0.449. The molecular formula is C18H15ClN2OS2. The van der Waals surface area contributed by atoms with E-state index in [0.717, 1.165) is 5.56 Å². The molecule has 1 atom stereocenters. The molecule has 1 heterocycles. The average molecular weight is 375 g/mol. The zero-order valence-corrected chi connectivity index (χ0v) is 15.3. The van der Waals surface area contributed by atoms with Crippen LogP contribution in [0.1, 0.15) is 23.4 Å². The van der Waals surface area contributed by atoms with Crippen molar-refractivity contribution in [3.63, 3.8) is 0 Å². The molecule has 0 aliphatic heterocycles. The van der Waals surface area contributed by atoms with Crippen molar-refractivity contribution in [1.82, 2.24) is 4.57 Å². The van der Waals surface area contributed by atoms with E-state index in [9.17, 15) is 5.11 Å². The fraction of sp³-hybridized carbons (Fsp3) is 0.111. The second kappa shape index (κ2) is 7.30. The highest BCUT2D eigenvalue weighted by Gasteiger charge is 2.17. The second-order valence-electron chi connectivity index (χ2n) is 5.22. The molecule has 6 heteroatoms. The maximum Gasteiger partial charge on any atom is 0.212 e. The normalized spacial score (nSPS) is 12.6. The van der Waals surface area contributed by atoms with Gasteiger partial charge < -0.3 is 5.11 Å². The lowest BCUT2D eigenvalue weighted by atomic mass is 10.1. The Labute approximate surface area is 154 Å². The molecule has 1 aromatic heterocycles. The molecule has 0 amide bonds. The fourth-order valence-corrected chi connectivity index (χ4v) is 3.91. The minimum Gasteiger partial charge on any atom is -0.493 e. The summed E-state index contributed by atoms with van der Waals surface area (Å²) in [5.41, 5.74) is 1.73. The van der Waals surface area contributed by atoms with E-state index >= 15 is 0 Å². The number of thiazole rings is 1. The Hall–Kier alpha value is -1.95. The Kier molecular flexibility index (Phi) is 5.14. The average Bonchev–Trinajstić information content (AvgIpc) is 2.88. The minimum absolute atomic E-state index is 0.0580. The Morgan fingerprint density at radius 3 is 2.54 bits per heavy atom. The SMILES string of the molecule is CC(c1ccccc1)n1c(O)c(C=Nc2ccccc2Cl)sc1=S. The van der Waals surface area contributed by atoms with Crippen molar-refractivity contribution < 1.29 is 5.11 Å². The summed E-state index contributed by atoms with van der Waals surface area (Å²) in [5.74, 6) is 0.122.